The highest BCUT2D eigenvalue weighted by Gasteiger charge is 2.16. The van der Waals surface area contributed by atoms with E-state index in [1.165, 1.54) is 0 Å². The maximum absolute atomic E-state index is 9.84. The Morgan fingerprint density at radius 2 is 2.40 bits per heavy atom. The Hall–Kier alpha value is -0.500. The topological polar surface area (TPSA) is 72.2 Å². The Bertz CT molecular complexity index is 285. The van der Waals surface area contributed by atoms with Gasteiger partial charge in [0, 0.05) is 27.2 Å². The zero-order valence-electron chi connectivity index (χ0n) is 8.77. The van der Waals surface area contributed by atoms with Crippen molar-refractivity contribution in [3.05, 3.63) is 10.3 Å². The van der Waals surface area contributed by atoms with Crippen LogP contribution in [-0.4, -0.2) is 46.9 Å². The lowest BCUT2D eigenvalue weighted by molar-refractivity contribution is 0.154. The molecule has 0 aliphatic rings. The second-order valence-corrected chi connectivity index (χ2v) is 3.85. The van der Waals surface area contributed by atoms with Gasteiger partial charge < -0.3 is 15.2 Å². The quantitative estimate of drug-likeness (QED) is 0.708. The first kappa shape index (κ1) is 12.6. The van der Waals surface area contributed by atoms with Crippen LogP contribution in [0, 0.1) is 0 Å². The van der Waals surface area contributed by atoms with Crippen molar-refractivity contribution in [3.8, 4) is 0 Å². The van der Waals surface area contributed by atoms with Crippen LogP contribution in [0.2, 0.25) is 0 Å². The Morgan fingerprint density at radius 3 is 2.93 bits per heavy atom. The molecule has 1 unspecified atom stereocenters. The van der Waals surface area contributed by atoms with Gasteiger partial charge in [-0.3, -0.25) is 0 Å². The molecule has 7 heteroatoms. The molecular formula is C8H15BrN4O2. The Balaban J connectivity index is 2.43. The Morgan fingerprint density at radius 1 is 1.67 bits per heavy atom. The molecule has 0 saturated heterocycles. The molecule has 0 saturated carbocycles. The zero-order chi connectivity index (χ0) is 11.3. The molecule has 0 fully saturated rings. The summed E-state index contributed by atoms with van der Waals surface area (Å²) in [5, 5.41) is 20.5. The minimum absolute atomic E-state index is 0.448. The van der Waals surface area contributed by atoms with Crippen molar-refractivity contribution in [2.24, 2.45) is 7.05 Å². The molecule has 1 rings (SSSR count). The van der Waals surface area contributed by atoms with Gasteiger partial charge in [-0.15, -0.1) is 5.10 Å². The zero-order valence-corrected chi connectivity index (χ0v) is 10.4. The minimum Gasteiger partial charge on any atom is -0.385 e. The van der Waals surface area contributed by atoms with Crippen molar-refractivity contribution < 1.29 is 9.84 Å². The highest BCUT2D eigenvalue weighted by Crippen LogP contribution is 2.19. The number of methoxy groups -OCH3 is 1. The molecule has 15 heavy (non-hydrogen) atoms. The number of aromatic nitrogens is 3. The fourth-order valence-electron chi connectivity index (χ4n) is 1.20. The van der Waals surface area contributed by atoms with Gasteiger partial charge in [-0.25, -0.2) is 4.68 Å². The number of hydrogen-bond acceptors (Lipinski definition) is 5. The molecule has 0 radical (unpaired) electrons. The average Bonchev–Trinajstić information content (AvgIpc) is 2.53. The van der Waals surface area contributed by atoms with Crippen molar-refractivity contribution in [2.45, 2.75) is 6.10 Å². The van der Waals surface area contributed by atoms with E-state index in [9.17, 15) is 5.11 Å². The summed E-state index contributed by atoms with van der Waals surface area (Å²) in [7, 11) is 3.38. The minimum atomic E-state index is -0.628. The number of ether oxygens (including phenoxy) is 1. The highest BCUT2D eigenvalue weighted by molar-refractivity contribution is 9.10. The monoisotopic (exact) mass is 278 g/mol. The number of rotatable bonds is 6. The second-order valence-electron chi connectivity index (χ2n) is 3.10. The molecule has 0 amide bonds. The number of nitrogens with one attached hydrogen (secondary N) is 1. The summed E-state index contributed by atoms with van der Waals surface area (Å²) in [6.45, 7) is 1.77. The van der Waals surface area contributed by atoms with E-state index in [2.05, 4.69) is 31.6 Å². The third-order valence-electron chi connectivity index (χ3n) is 1.96. The van der Waals surface area contributed by atoms with Crippen LogP contribution in [0.15, 0.2) is 4.60 Å². The van der Waals surface area contributed by atoms with E-state index < -0.39 is 6.10 Å². The molecule has 0 bridgehead atoms. The fourth-order valence-corrected chi connectivity index (χ4v) is 1.79. The normalized spacial score (nSPS) is 13.1. The molecule has 1 heterocycles. The number of halogens is 1. The van der Waals surface area contributed by atoms with Crippen LogP contribution >= 0.6 is 15.9 Å². The van der Waals surface area contributed by atoms with Crippen LogP contribution in [0.3, 0.4) is 0 Å². The van der Waals surface area contributed by atoms with E-state index >= 15 is 0 Å². The molecule has 0 aliphatic heterocycles. The van der Waals surface area contributed by atoms with Gasteiger partial charge in [-0.2, -0.15) is 0 Å². The molecule has 0 aromatic carbocycles. The van der Waals surface area contributed by atoms with E-state index in [0.29, 0.717) is 30.0 Å². The Kier molecular flexibility index (Phi) is 5.16. The summed E-state index contributed by atoms with van der Waals surface area (Å²) in [5.74, 6) is 0. The standard InChI is InChI=1S/C8H15BrN4O2/c1-13-7(8(9)11-12-13)6(14)5-10-3-4-15-2/h6,10,14H,3-5H2,1-2H3. The van der Waals surface area contributed by atoms with Gasteiger partial charge in [-0.05, 0) is 15.9 Å². The van der Waals surface area contributed by atoms with Gasteiger partial charge >= 0.3 is 0 Å². The first-order chi connectivity index (χ1) is 7.16. The predicted molar refractivity (Wildman–Crippen MR) is 58.4 cm³/mol. The van der Waals surface area contributed by atoms with Crippen molar-refractivity contribution in [1.82, 2.24) is 20.3 Å². The van der Waals surface area contributed by atoms with Crippen LogP contribution < -0.4 is 5.32 Å². The van der Waals surface area contributed by atoms with E-state index in [1.807, 2.05) is 0 Å². The van der Waals surface area contributed by atoms with Gasteiger partial charge in [0.25, 0.3) is 0 Å². The number of hydrogen-bond donors (Lipinski definition) is 2. The van der Waals surface area contributed by atoms with Crippen molar-refractivity contribution >= 4 is 15.9 Å². The largest absolute Gasteiger partial charge is 0.385 e. The van der Waals surface area contributed by atoms with Gasteiger partial charge in [0.2, 0.25) is 0 Å². The molecule has 86 valence electrons. The van der Waals surface area contributed by atoms with Crippen LogP contribution in [0.1, 0.15) is 11.8 Å². The van der Waals surface area contributed by atoms with Crippen LogP contribution in [0.25, 0.3) is 0 Å². The maximum atomic E-state index is 9.84. The molecule has 0 spiro atoms. The molecule has 6 nitrogen and oxygen atoms in total. The van der Waals surface area contributed by atoms with Gasteiger partial charge in [0.1, 0.15) is 11.8 Å². The highest BCUT2D eigenvalue weighted by atomic mass is 79.9. The number of nitrogens with zero attached hydrogens (tertiary/aromatic N) is 3. The lowest BCUT2D eigenvalue weighted by atomic mass is 10.2. The molecule has 2 N–H and O–H groups in total. The van der Waals surface area contributed by atoms with Gasteiger partial charge in [-0.1, -0.05) is 5.21 Å². The third kappa shape index (κ3) is 3.53. The van der Waals surface area contributed by atoms with E-state index in [1.54, 1.807) is 18.8 Å². The first-order valence-electron chi connectivity index (χ1n) is 4.59. The van der Waals surface area contributed by atoms with Crippen molar-refractivity contribution in [1.29, 1.82) is 0 Å². The average molecular weight is 279 g/mol. The van der Waals surface area contributed by atoms with E-state index in [-0.39, 0.29) is 0 Å². The van der Waals surface area contributed by atoms with Crippen LogP contribution in [0.5, 0.6) is 0 Å². The summed E-state index contributed by atoms with van der Waals surface area (Å²) >= 11 is 3.23. The van der Waals surface area contributed by atoms with Crippen LogP contribution in [-0.2, 0) is 11.8 Å². The molecular weight excluding hydrogens is 264 g/mol. The SMILES string of the molecule is COCCNCC(O)c1c(Br)nnn1C. The van der Waals surface area contributed by atoms with Crippen LogP contribution in [0.4, 0.5) is 0 Å². The summed E-state index contributed by atoms with van der Waals surface area (Å²) in [6, 6.07) is 0. The number of aliphatic hydroxyl groups excluding tert-OH is 1. The molecule has 0 aliphatic carbocycles. The fraction of sp³-hybridized carbons (Fsp3) is 0.750. The van der Waals surface area contributed by atoms with Crippen molar-refractivity contribution in [2.75, 3.05) is 26.8 Å². The number of aliphatic hydroxyl groups is 1. The summed E-state index contributed by atoms with van der Waals surface area (Å²) in [5.41, 5.74) is 0.667. The smallest absolute Gasteiger partial charge is 0.154 e. The molecule has 1 aromatic rings. The lowest BCUT2D eigenvalue weighted by Crippen LogP contribution is -2.26. The summed E-state index contributed by atoms with van der Waals surface area (Å²) in [4.78, 5) is 0. The van der Waals surface area contributed by atoms with E-state index in [4.69, 9.17) is 4.74 Å². The Labute approximate surface area is 96.7 Å². The maximum Gasteiger partial charge on any atom is 0.154 e. The summed E-state index contributed by atoms with van der Waals surface area (Å²) in [6.07, 6.45) is -0.628. The lowest BCUT2D eigenvalue weighted by Gasteiger charge is -2.11. The first-order valence-corrected chi connectivity index (χ1v) is 5.39. The van der Waals surface area contributed by atoms with Gasteiger partial charge in [0.05, 0.1) is 6.61 Å². The second kappa shape index (κ2) is 6.16. The predicted octanol–water partition coefficient (Wildman–Crippen LogP) is -0.153. The van der Waals surface area contributed by atoms with Crippen molar-refractivity contribution in [3.63, 3.8) is 0 Å². The summed E-state index contributed by atoms with van der Waals surface area (Å²) < 4.78 is 7.00. The van der Waals surface area contributed by atoms with E-state index in [0.717, 1.165) is 0 Å². The number of aryl methyl sites for hydroxylation is 1. The molecule has 1 aromatic heterocycles. The molecule has 1 atom stereocenters. The third-order valence-corrected chi connectivity index (χ3v) is 2.53. The van der Waals surface area contributed by atoms with Gasteiger partial charge in [0.15, 0.2) is 4.60 Å².